The van der Waals surface area contributed by atoms with Crippen molar-refractivity contribution in [3.63, 3.8) is 0 Å². The van der Waals surface area contributed by atoms with Crippen molar-refractivity contribution in [1.29, 1.82) is 0 Å². The molecule has 3 atom stereocenters. The Bertz CT molecular complexity index is 416. The fourth-order valence-corrected chi connectivity index (χ4v) is 3.82. The Balaban J connectivity index is 2.20. The van der Waals surface area contributed by atoms with E-state index in [2.05, 4.69) is 38.2 Å². The molecule has 1 fully saturated rings. The first-order valence-electron chi connectivity index (χ1n) is 8.97. The van der Waals surface area contributed by atoms with Crippen molar-refractivity contribution in [1.82, 2.24) is 10.3 Å². The summed E-state index contributed by atoms with van der Waals surface area (Å²) in [5, 5.41) is 3.81. The van der Waals surface area contributed by atoms with Crippen LogP contribution in [0.2, 0.25) is 0 Å². The van der Waals surface area contributed by atoms with Gasteiger partial charge in [0, 0.05) is 6.20 Å². The predicted octanol–water partition coefficient (Wildman–Crippen LogP) is 4.90. The molecule has 3 unspecified atom stereocenters. The lowest BCUT2D eigenvalue weighted by atomic mass is 9.75. The second-order valence-electron chi connectivity index (χ2n) is 6.53. The molecule has 0 amide bonds. The summed E-state index contributed by atoms with van der Waals surface area (Å²) in [7, 11) is 0. The van der Waals surface area contributed by atoms with Crippen molar-refractivity contribution >= 4 is 0 Å². The molecule has 0 spiro atoms. The molecule has 1 aliphatic rings. The fraction of sp³-hybridized carbons (Fsp3) is 0.737. The SMILES string of the molecule is CCCNC(c1ncccc1CC)C1CCCC(CC)C1. The largest absolute Gasteiger partial charge is 0.308 e. The average molecular weight is 288 g/mol. The van der Waals surface area contributed by atoms with Gasteiger partial charge in [-0.25, -0.2) is 0 Å². The Morgan fingerprint density at radius 3 is 2.86 bits per heavy atom. The van der Waals surface area contributed by atoms with Crippen molar-refractivity contribution in [3.05, 3.63) is 29.6 Å². The lowest BCUT2D eigenvalue weighted by molar-refractivity contribution is 0.206. The van der Waals surface area contributed by atoms with E-state index in [9.17, 15) is 0 Å². The fourth-order valence-electron chi connectivity index (χ4n) is 3.82. The molecular weight excluding hydrogens is 256 g/mol. The lowest BCUT2D eigenvalue weighted by Gasteiger charge is -2.35. The van der Waals surface area contributed by atoms with E-state index in [0.29, 0.717) is 6.04 Å². The van der Waals surface area contributed by atoms with Gasteiger partial charge in [0.1, 0.15) is 0 Å². The van der Waals surface area contributed by atoms with E-state index in [1.807, 2.05) is 6.20 Å². The highest BCUT2D eigenvalue weighted by molar-refractivity contribution is 5.23. The lowest BCUT2D eigenvalue weighted by Crippen LogP contribution is -2.33. The highest BCUT2D eigenvalue weighted by atomic mass is 14.9. The van der Waals surface area contributed by atoms with Gasteiger partial charge in [-0.05, 0) is 55.7 Å². The quantitative estimate of drug-likeness (QED) is 0.772. The van der Waals surface area contributed by atoms with Gasteiger partial charge in [-0.3, -0.25) is 4.98 Å². The molecule has 1 saturated carbocycles. The number of rotatable bonds is 7. The summed E-state index contributed by atoms with van der Waals surface area (Å²) < 4.78 is 0. The molecule has 2 heteroatoms. The van der Waals surface area contributed by atoms with Crippen LogP contribution in [0, 0.1) is 11.8 Å². The smallest absolute Gasteiger partial charge is 0.0607 e. The molecule has 21 heavy (non-hydrogen) atoms. The summed E-state index contributed by atoms with van der Waals surface area (Å²) >= 11 is 0. The first-order chi connectivity index (χ1) is 10.3. The van der Waals surface area contributed by atoms with Crippen molar-refractivity contribution in [2.24, 2.45) is 11.8 Å². The van der Waals surface area contributed by atoms with E-state index in [0.717, 1.165) is 24.8 Å². The van der Waals surface area contributed by atoms with Gasteiger partial charge in [-0.15, -0.1) is 0 Å². The Labute approximate surface area is 130 Å². The van der Waals surface area contributed by atoms with Gasteiger partial charge in [0.25, 0.3) is 0 Å². The number of hydrogen-bond acceptors (Lipinski definition) is 2. The van der Waals surface area contributed by atoms with E-state index in [4.69, 9.17) is 4.98 Å². The number of hydrogen-bond donors (Lipinski definition) is 1. The highest BCUT2D eigenvalue weighted by Gasteiger charge is 2.30. The monoisotopic (exact) mass is 288 g/mol. The van der Waals surface area contributed by atoms with Crippen LogP contribution in [0.1, 0.15) is 76.6 Å². The van der Waals surface area contributed by atoms with Gasteiger partial charge in [0.05, 0.1) is 11.7 Å². The summed E-state index contributed by atoms with van der Waals surface area (Å²) in [6.07, 6.45) is 11.1. The standard InChI is InChI=1S/C19H32N2/c1-4-12-20-19(17-10-7-9-15(5-2)14-17)18-16(6-3)11-8-13-21-18/h8,11,13,15,17,19-20H,4-7,9-10,12,14H2,1-3H3. The Hall–Kier alpha value is -0.890. The number of aromatic nitrogens is 1. The number of nitrogens with zero attached hydrogens (tertiary/aromatic N) is 1. The molecule has 2 nitrogen and oxygen atoms in total. The van der Waals surface area contributed by atoms with Crippen molar-refractivity contribution < 1.29 is 0 Å². The Morgan fingerprint density at radius 1 is 1.29 bits per heavy atom. The second-order valence-corrected chi connectivity index (χ2v) is 6.53. The molecule has 1 aliphatic carbocycles. The molecule has 1 heterocycles. The molecule has 1 N–H and O–H groups in total. The van der Waals surface area contributed by atoms with Crippen molar-refractivity contribution in [3.8, 4) is 0 Å². The molecule has 1 aromatic heterocycles. The van der Waals surface area contributed by atoms with Crippen molar-refractivity contribution in [2.45, 2.75) is 71.8 Å². The molecule has 2 rings (SSSR count). The van der Waals surface area contributed by atoms with Crippen LogP contribution in [0.25, 0.3) is 0 Å². The van der Waals surface area contributed by atoms with Crippen LogP contribution in [0.15, 0.2) is 18.3 Å². The van der Waals surface area contributed by atoms with Crippen LogP contribution >= 0.6 is 0 Å². The summed E-state index contributed by atoms with van der Waals surface area (Å²) in [6, 6.07) is 4.79. The predicted molar refractivity (Wildman–Crippen MR) is 90.4 cm³/mol. The third-order valence-corrected chi connectivity index (χ3v) is 5.09. The van der Waals surface area contributed by atoms with Crippen molar-refractivity contribution in [2.75, 3.05) is 6.54 Å². The molecule has 1 aromatic rings. The second kappa shape index (κ2) is 8.53. The molecule has 118 valence electrons. The first-order valence-corrected chi connectivity index (χ1v) is 8.97. The Kier molecular flexibility index (Phi) is 6.69. The average Bonchev–Trinajstić information content (AvgIpc) is 2.56. The van der Waals surface area contributed by atoms with E-state index in [1.54, 1.807) is 0 Å². The number of nitrogens with one attached hydrogen (secondary N) is 1. The minimum Gasteiger partial charge on any atom is -0.308 e. The van der Waals surface area contributed by atoms with E-state index >= 15 is 0 Å². The summed E-state index contributed by atoms with van der Waals surface area (Å²) in [5.41, 5.74) is 2.74. The normalized spacial score (nSPS) is 24.0. The maximum Gasteiger partial charge on any atom is 0.0607 e. The molecule has 0 saturated heterocycles. The van der Waals surface area contributed by atoms with E-state index in [1.165, 1.54) is 49.8 Å². The summed E-state index contributed by atoms with van der Waals surface area (Å²) in [5.74, 6) is 1.68. The minimum absolute atomic E-state index is 0.454. The van der Waals surface area contributed by atoms with Gasteiger partial charge in [0.15, 0.2) is 0 Å². The first kappa shape index (κ1) is 16.5. The number of aryl methyl sites for hydroxylation is 1. The topological polar surface area (TPSA) is 24.9 Å². The third-order valence-electron chi connectivity index (χ3n) is 5.09. The zero-order valence-corrected chi connectivity index (χ0v) is 14.1. The molecule has 0 aliphatic heterocycles. The third kappa shape index (κ3) is 4.29. The van der Waals surface area contributed by atoms with Gasteiger partial charge >= 0.3 is 0 Å². The zero-order valence-electron chi connectivity index (χ0n) is 14.1. The van der Waals surface area contributed by atoms with E-state index in [-0.39, 0.29) is 0 Å². The molecule has 0 radical (unpaired) electrons. The van der Waals surface area contributed by atoms with Crippen LogP contribution < -0.4 is 5.32 Å². The highest BCUT2D eigenvalue weighted by Crippen LogP contribution is 2.38. The van der Waals surface area contributed by atoms with Gasteiger partial charge in [0.2, 0.25) is 0 Å². The summed E-state index contributed by atoms with van der Waals surface area (Å²) in [4.78, 5) is 4.77. The van der Waals surface area contributed by atoms with Gasteiger partial charge in [-0.2, -0.15) is 0 Å². The number of pyridine rings is 1. The van der Waals surface area contributed by atoms with Crippen LogP contribution in [-0.4, -0.2) is 11.5 Å². The molecule has 0 bridgehead atoms. The van der Waals surface area contributed by atoms with Crippen LogP contribution in [-0.2, 0) is 6.42 Å². The molecule has 0 aromatic carbocycles. The van der Waals surface area contributed by atoms with Crippen LogP contribution in [0.4, 0.5) is 0 Å². The maximum absolute atomic E-state index is 4.77. The molecular formula is C19H32N2. The van der Waals surface area contributed by atoms with Crippen LogP contribution in [0.3, 0.4) is 0 Å². The van der Waals surface area contributed by atoms with E-state index < -0.39 is 0 Å². The minimum atomic E-state index is 0.454. The Morgan fingerprint density at radius 2 is 2.14 bits per heavy atom. The summed E-state index contributed by atoms with van der Waals surface area (Å²) in [6.45, 7) is 7.93. The zero-order chi connectivity index (χ0) is 15.1. The van der Waals surface area contributed by atoms with Gasteiger partial charge < -0.3 is 5.32 Å². The maximum atomic E-state index is 4.77. The van der Waals surface area contributed by atoms with Gasteiger partial charge in [-0.1, -0.05) is 46.1 Å². The van der Waals surface area contributed by atoms with Crippen LogP contribution in [0.5, 0.6) is 0 Å².